The first-order valence-electron chi connectivity index (χ1n) is 13.6. The summed E-state index contributed by atoms with van der Waals surface area (Å²) >= 11 is 6.52. The van der Waals surface area contributed by atoms with Crippen molar-refractivity contribution in [1.29, 1.82) is 5.26 Å². The number of aryl methyl sites for hydroxylation is 1. The molecule has 0 aliphatic carbocycles. The van der Waals surface area contributed by atoms with Gasteiger partial charge in [-0.1, -0.05) is 35.9 Å². The van der Waals surface area contributed by atoms with Crippen molar-refractivity contribution < 1.29 is 9.53 Å². The molecule has 10 heteroatoms. The lowest BCUT2D eigenvalue weighted by atomic mass is 10.1. The number of rotatable bonds is 8. The minimum atomic E-state index is -0.236. The van der Waals surface area contributed by atoms with Gasteiger partial charge in [-0.15, -0.1) is 0 Å². The number of fused-ring (bicyclic) bond motifs is 1. The summed E-state index contributed by atoms with van der Waals surface area (Å²) in [4.78, 5) is 30.8. The summed E-state index contributed by atoms with van der Waals surface area (Å²) in [5.74, 6) is 0.690. The summed E-state index contributed by atoms with van der Waals surface area (Å²) in [6.07, 6.45) is 3.85. The second-order valence-electron chi connectivity index (χ2n) is 10.8. The van der Waals surface area contributed by atoms with Gasteiger partial charge < -0.3 is 19.4 Å². The van der Waals surface area contributed by atoms with Crippen LogP contribution in [0.1, 0.15) is 41.6 Å². The number of likely N-dealkylation sites (N-methyl/N-ethyl adjacent to an activating group) is 1. The number of likely N-dealkylation sites (tertiary alicyclic amines) is 1. The Hall–Kier alpha value is -3.19. The minimum absolute atomic E-state index is 0.145. The van der Waals surface area contributed by atoms with Crippen LogP contribution in [0.4, 0.5) is 5.82 Å². The van der Waals surface area contributed by atoms with E-state index < -0.39 is 0 Å². The predicted molar refractivity (Wildman–Crippen MR) is 150 cm³/mol. The second-order valence-corrected chi connectivity index (χ2v) is 11.2. The molecule has 1 aromatic carbocycles. The number of anilines is 1. The molecule has 4 heterocycles. The van der Waals surface area contributed by atoms with Gasteiger partial charge in [0.25, 0.3) is 0 Å². The number of benzene rings is 1. The highest BCUT2D eigenvalue weighted by Crippen LogP contribution is 2.34. The van der Waals surface area contributed by atoms with Gasteiger partial charge in [-0.05, 0) is 51.1 Å². The normalized spacial score (nSPS) is 21.6. The third-order valence-electron chi connectivity index (χ3n) is 8.04. The van der Waals surface area contributed by atoms with Gasteiger partial charge in [-0.25, -0.2) is 0 Å². The Morgan fingerprint density at radius 3 is 2.85 bits per heavy atom. The topological polar surface area (TPSA) is 88.8 Å². The molecule has 5 rings (SSSR count). The number of hydrogen-bond donors (Lipinski definition) is 0. The molecule has 9 nitrogen and oxygen atoms in total. The number of aromatic nitrogens is 2. The zero-order chi connectivity index (χ0) is 27.5. The quantitative estimate of drug-likeness (QED) is 0.462. The Bertz CT molecular complexity index is 1280. The van der Waals surface area contributed by atoms with E-state index in [-0.39, 0.29) is 18.4 Å². The highest BCUT2D eigenvalue weighted by atomic mass is 35.5. The molecule has 0 bridgehead atoms. The van der Waals surface area contributed by atoms with Gasteiger partial charge in [0.1, 0.15) is 12.4 Å². The highest BCUT2D eigenvalue weighted by molar-refractivity contribution is 6.31. The van der Waals surface area contributed by atoms with E-state index in [2.05, 4.69) is 47.4 Å². The fourth-order valence-electron chi connectivity index (χ4n) is 5.88. The fourth-order valence-corrected chi connectivity index (χ4v) is 6.06. The van der Waals surface area contributed by atoms with Crippen LogP contribution in [0.3, 0.4) is 0 Å². The number of ether oxygens (including phenoxy) is 1. The zero-order valence-corrected chi connectivity index (χ0v) is 23.5. The molecule has 0 saturated carbocycles. The first-order chi connectivity index (χ1) is 18.9. The van der Waals surface area contributed by atoms with Crippen molar-refractivity contribution in [3.63, 3.8) is 0 Å². The molecule has 3 aliphatic heterocycles. The average molecular weight is 550 g/mol. The van der Waals surface area contributed by atoms with E-state index >= 15 is 0 Å². The molecule has 206 valence electrons. The number of hydrogen-bond acceptors (Lipinski definition) is 8. The van der Waals surface area contributed by atoms with E-state index in [1.807, 2.05) is 12.1 Å². The Morgan fingerprint density at radius 1 is 1.26 bits per heavy atom. The number of halogens is 1. The Balaban J connectivity index is 1.41. The minimum Gasteiger partial charge on any atom is -0.462 e. The van der Waals surface area contributed by atoms with Gasteiger partial charge in [0.05, 0.1) is 24.2 Å². The molecular formula is C29H36ClN7O2. The van der Waals surface area contributed by atoms with Crippen LogP contribution in [-0.4, -0.2) is 82.5 Å². The first kappa shape index (κ1) is 27.4. The van der Waals surface area contributed by atoms with Crippen LogP contribution in [0.5, 0.6) is 6.01 Å². The SMILES string of the molecule is C=CC(=O)N1CCN(c2nc(OC[C@@H]3CCCN3C)nc3c2CN(Cc2cc(C)ccc2Cl)C3)C[C@@H]1CC#N. The molecule has 39 heavy (non-hydrogen) atoms. The summed E-state index contributed by atoms with van der Waals surface area (Å²) in [5, 5.41) is 10.2. The van der Waals surface area contributed by atoms with Gasteiger partial charge in [0, 0.05) is 55.9 Å². The lowest BCUT2D eigenvalue weighted by Crippen LogP contribution is -2.55. The molecule has 2 fully saturated rings. The molecule has 0 unspecified atom stereocenters. The highest BCUT2D eigenvalue weighted by Gasteiger charge is 2.34. The van der Waals surface area contributed by atoms with E-state index in [4.69, 9.17) is 26.3 Å². The van der Waals surface area contributed by atoms with Crippen LogP contribution in [0.25, 0.3) is 0 Å². The van der Waals surface area contributed by atoms with Crippen LogP contribution >= 0.6 is 11.6 Å². The van der Waals surface area contributed by atoms with E-state index in [1.165, 1.54) is 18.1 Å². The van der Waals surface area contributed by atoms with E-state index in [0.717, 1.165) is 40.6 Å². The van der Waals surface area contributed by atoms with Crippen molar-refractivity contribution >= 4 is 23.3 Å². The zero-order valence-electron chi connectivity index (χ0n) is 22.8. The molecule has 2 aromatic rings. The Kier molecular flexibility index (Phi) is 8.36. The lowest BCUT2D eigenvalue weighted by molar-refractivity contribution is -0.128. The first-order valence-corrected chi connectivity index (χ1v) is 14.0. The maximum atomic E-state index is 12.5. The molecule has 1 amide bonds. The van der Waals surface area contributed by atoms with E-state index in [1.54, 1.807) is 4.90 Å². The van der Waals surface area contributed by atoms with Crippen molar-refractivity contribution in [3.8, 4) is 12.1 Å². The van der Waals surface area contributed by atoms with Gasteiger partial charge >= 0.3 is 6.01 Å². The molecule has 2 atom stereocenters. The molecule has 0 N–H and O–H groups in total. The number of nitriles is 1. The monoisotopic (exact) mass is 549 g/mol. The third kappa shape index (κ3) is 6.03. The summed E-state index contributed by atoms with van der Waals surface area (Å²) in [6.45, 7) is 11.0. The maximum absolute atomic E-state index is 12.5. The average Bonchev–Trinajstić information content (AvgIpc) is 3.53. The van der Waals surface area contributed by atoms with Gasteiger partial charge in [-0.3, -0.25) is 9.69 Å². The standard InChI is InChI=1S/C29H36ClN7O2/c1-4-27(38)37-13-12-36(16-22(37)9-10-31)28-24-17-35(15-21-14-20(2)7-8-25(21)30)18-26(24)32-29(33-28)39-19-23-6-5-11-34(23)3/h4,7-8,14,22-23H,1,5-6,9,11-13,15-19H2,2-3H3/t22-,23-/m0/s1. The Labute approximate surface area is 235 Å². The Morgan fingerprint density at radius 2 is 2.10 bits per heavy atom. The number of piperazine rings is 1. The van der Waals surface area contributed by atoms with Gasteiger partial charge in [0.15, 0.2) is 0 Å². The van der Waals surface area contributed by atoms with Crippen LogP contribution in [0.2, 0.25) is 5.02 Å². The van der Waals surface area contributed by atoms with E-state index in [9.17, 15) is 10.1 Å². The summed E-state index contributed by atoms with van der Waals surface area (Å²) in [6, 6.07) is 8.86. The lowest BCUT2D eigenvalue weighted by Gasteiger charge is -2.41. The second kappa shape index (κ2) is 11.9. The maximum Gasteiger partial charge on any atom is 0.318 e. The largest absolute Gasteiger partial charge is 0.462 e. The molecule has 0 radical (unpaired) electrons. The van der Waals surface area contributed by atoms with Crippen molar-refractivity contribution in [2.24, 2.45) is 0 Å². The number of amides is 1. The predicted octanol–water partition coefficient (Wildman–Crippen LogP) is 3.54. The van der Waals surface area contributed by atoms with Crippen LogP contribution < -0.4 is 9.64 Å². The number of carbonyl (C=O) groups is 1. The van der Waals surface area contributed by atoms with Gasteiger partial charge in [0.2, 0.25) is 5.91 Å². The third-order valence-corrected chi connectivity index (χ3v) is 8.41. The van der Waals surface area contributed by atoms with Gasteiger partial charge in [-0.2, -0.15) is 15.2 Å². The van der Waals surface area contributed by atoms with Crippen molar-refractivity contribution in [2.75, 3.05) is 44.7 Å². The van der Waals surface area contributed by atoms with Crippen LogP contribution in [-0.2, 0) is 24.4 Å². The molecular weight excluding hydrogens is 514 g/mol. The van der Waals surface area contributed by atoms with E-state index in [0.29, 0.717) is 57.9 Å². The molecule has 0 spiro atoms. The molecule has 2 saturated heterocycles. The molecule has 3 aliphatic rings. The van der Waals surface area contributed by atoms with Crippen molar-refractivity contribution in [2.45, 2.75) is 57.9 Å². The molecule has 1 aromatic heterocycles. The van der Waals surface area contributed by atoms with Crippen molar-refractivity contribution in [1.82, 2.24) is 24.7 Å². The number of nitrogens with zero attached hydrogens (tertiary/aromatic N) is 7. The van der Waals surface area contributed by atoms with Crippen LogP contribution in [0.15, 0.2) is 30.9 Å². The summed E-state index contributed by atoms with van der Waals surface area (Å²) in [7, 11) is 2.13. The van der Waals surface area contributed by atoms with Crippen LogP contribution in [0, 0.1) is 18.3 Å². The number of carbonyl (C=O) groups excluding carboxylic acids is 1. The fraction of sp³-hybridized carbons (Fsp3) is 0.517. The summed E-state index contributed by atoms with van der Waals surface area (Å²) < 4.78 is 6.20. The smallest absolute Gasteiger partial charge is 0.318 e. The summed E-state index contributed by atoms with van der Waals surface area (Å²) in [5.41, 5.74) is 4.29. The van der Waals surface area contributed by atoms with Crippen molar-refractivity contribution in [3.05, 3.63) is 58.3 Å².